The van der Waals surface area contributed by atoms with Gasteiger partial charge in [0.1, 0.15) is 6.33 Å². The van der Waals surface area contributed by atoms with Crippen molar-refractivity contribution < 1.29 is 0 Å². The van der Waals surface area contributed by atoms with Crippen LogP contribution in [0.2, 0.25) is 0 Å². The summed E-state index contributed by atoms with van der Waals surface area (Å²) in [6.45, 7) is 12.7. The van der Waals surface area contributed by atoms with Crippen molar-refractivity contribution in [3.8, 4) is 0 Å². The first-order valence-electron chi connectivity index (χ1n) is 4.64. The number of hydrogen-bond donors (Lipinski definition) is 0. The molecule has 0 amide bonds. The van der Waals surface area contributed by atoms with Gasteiger partial charge in [-0.2, -0.15) is 5.10 Å². The molecule has 0 N–H and O–H groups in total. The minimum atomic E-state index is 0.0243. The van der Waals surface area contributed by atoms with Gasteiger partial charge in [0.15, 0.2) is 5.82 Å². The second-order valence-electron chi connectivity index (χ2n) is 5.43. The van der Waals surface area contributed by atoms with Crippen molar-refractivity contribution in [2.75, 3.05) is 0 Å². The van der Waals surface area contributed by atoms with E-state index in [1.807, 2.05) is 4.68 Å². The SMILES string of the molecule is CC(C)(C)c1ncn(C(C)(C)C)n1. The van der Waals surface area contributed by atoms with Crippen LogP contribution in [0, 0.1) is 0 Å². The first-order chi connectivity index (χ1) is 5.71. The van der Waals surface area contributed by atoms with Crippen LogP contribution in [0.1, 0.15) is 47.4 Å². The van der Waals surface area contributed by atoms with Gasteiger partial charge in [0.05, 0.1) is 5.54 Å². The van der Waals surface area contributed by atoms with E-state index in [0.29, 0.717) is 0 Å². The van der Waals surface area contributed by atoms with Crippen LogP contribution in [0.5, 0.6) is 0 Å². The van der Waals surface area contributed by atoms with Crippen molar-refractivity contribution in [3.63, 3.8) is 0 Å². The van der Waals surface area contributed by atoms with Gasteiger partial charge in [0, 0.05) is 5.41 Å². The van der Waals surface area contributed by atoms with Gasteiger partial charge in [-0.3, -0.25) is 0 Å². The van der Waals surface area contributed by atoms with Crippen LogP contribution >= 0.6 is 0 Å². The fraction of sp³-hybridized carbons (Fsp3) is 0.800. The molecule has 0 radical (unpaired) electrons. The third-order valence-electron chi connectivity index (χ3n) is 1.85. The Kier molecular flexibility index (Phi) is 2.22. The summed E-state index contributed by atoms with van der Waals surface area (Å²) in [4.78, 5) is 4.31. The van der Waals surface area contributed by atoms with Crippen molar-refractivity contribution in [2.24, 2.45) is 0 Å². The van der Waals surface area contributed by atoms with Gasteiger partial charge in [-0.25, -0.2) is 9.67 Å². The summed E-state index contributed by atoms with van der Waals surface area (Å²) in [6.07, 6.45) is 1.81. The molecule has 1 aromatic heterocycles. The molecule has 0 saturated carbocycles. The molecule has 0 fully saturated rings. The lowest BCUT2D eigenvalue weighted by molar-refractivity contribution is 0.348. The molecule has 1 aromatic rings. The number of rotatable bonds is 0. The fourth-order valence-electron chi connectivity index (χ4n) is 0.930. The van der Waals surface area contributed by atoms with E-state index >= 15 is 0 Å². The Bertz CT molecular complexity index is 257. The van der Waals surface area contributed by atoms with E-state index in [0.717, 1.165) is 5.82 Å². The molecule has 74 valence electrons. The molecular weight excluding hydrogens is 162 g/mol. The molecule has 0 unspecified atom stereocenters. The topological polar surface area (TPSA) is 30.7 Å². The van der Waals surface area contributed by atoms with Crippen LogP contribution in [0.3, 0.4) is 0 Å². The summed E-state index contributed by atoms with van der Waals surface area (Å²) in [5.74, 6) is 0.905. The lowest BCUT2D eigenvalue weighted by Gasteiger charge is -2.19. The highest BCUT2D eigenvalue weighted by Crippen LogP contribution is 2.19. The summed E-state index contributed by atoms with van der Waals surface area (Å²) in [5.41, 5.74) is 0.0625. The molecule has 0 spiro atoms. The van der Waals surface area contributed by atoms with E-state index in [1.165, 1.54) is 0 Å². The highest BCUT2D eigenvalue weighted by Gasteiger charge is 2.21. The van der Waals surface area contributed by atoms with E-state index in [-0.39, 0.29) is 11.0 Å². The Morgan fingerprint density at radius 2 is 1.62 bits per heavy atom. The normalized spacial score (nSPS) is 13.4. The quantitative estimate of drug-likeness (QED) is 0.615. The summed E-state index contributed by atoms with van der Waals surface area (Å²) >= 11 is 0. The highest BCUT2D eigenvalue weighted by molar-refractivity contribution is 4.99. The molecule has 1 heterocycles. The molecule has 0 aliphatic heterocycles. The molecule has 3 nitrogen and oxygen atoms in total. The van der Waals surface area contributed by atoms with E-state index in [2.05, 4.69) is 51.6 Å². The first kappa shape index (κ1) is 10.2. The summed E-state index contributed by atoms with van der Waals surface area (Å²) in [6, 6.07) is 0. The average molecular weight is 181 g/mol. The van der Waals surface area contributed by atoms with Crippen molar-refractivity contribution in [1.82, 2.24) is 14.8 Å². The average Bonchev–Trinajstić information content (AvgIpc) is 2.28. The van der Waals surface area contributed by atoms with Gasteiger partial charge in [-0.05, 0) is 20.8 Å². The zero-order chi connectivity index (χ0) is 10.3. The Hall–Kier alpha value is -0.860. The van der Waals surface area contributed by atoms with Crippen LogP contribution in [0.15, 0.2) is 6.33 Å². The van der Waals surface area contributed by atoms with Crippen LogP contribution in [0.4, 0.5) is 0 Å². The standard InChI is InChI=1S/C10H19N3/c1-9(2,3)8-11-7-13(12-8)10(4,5)6/h7H,1-6H3. The van der Waals surface area contributed by atoms with Gasteiger partial charge >= 0.3 is 0 Å². The Morgan fingerprint density at radius 1 is 1.08 bits per heavy atom. The molecule has 3 heteroatoms. The lowest BCUT2D eigenvalue weighted by atomic mass is 9.96. The van der Waals surface area contributed by atoms with Crippen molar-refractivity contribution in [2.45, 2.75) is 52.5 Å². The Labute approximate surface area is 80.2 Å². The monoisotopic (exact) mass is 181 g/mol. The van der Waals surface area contributed by atoms with Gasteiger partial charge in [0.2, 0.25) is 0 Å². The second kappa shape index (κ2) is 2.82. The zero-order valence-electron chi connectivity index (χ0n) is 9.42. The molecule has 1 rings (SSSR count). The summed E-state index contributed by atoms with van der Waals surface area (Å²) < 4.78 is 1.91. The van der Waals surface area contributed by atoms with Crippen LogP contribution in [-0.2, 0) is 11.0 Å². The predicted molar refractivity (Wildman–Crippen MR) is 53.7 cm³/mol. The van der Waals surface area contributed by atoms with Gasteiger partial charge < -0.3 is 0 Å². The predicted octanol–water partition coefficient (Wildman–Crippen LogP) is 2.33. The molecular formula is C10H19N3. The molecule has 13 heavy (non-hydrogen) atoms. The third kappa shape index (κ3) is 2.29. The van der Waals surface area contributed by atoms with Gasteiger partial charge in [0.25, 0.3) is 0 Å². The second-order valence-corrected chi connectivity index (χ2v) is 5.43. The molecule has 0 aliphatic rings. The molecule has 0 bridgehead atoms. The van der Waals surface area contributed by atoms with Crippen molar-refractivity contribution in [3.05, 3.63) is 12.2 Å². The smallest absolute Gasteiger partial charge is 0.155 e. The molecule has 0 saturated heterocycles. The largest absolute Gasteiger partial charge is 0.247 e. The summed E-state index contributed by atoms with van der Waals surface area (Å²) in [5, 5.41) is 4.46. The van der Waals surface area contributed by atoms with E-state index in [1.54, 1.807) is 6.33 Å². The lowest BCUT2D eigenvalue weighted by Crippen LogP contribution is -2.23. The van der Waals surface area contributed by atoms with E-state index in [4.69, 9.17) is 0 Å². The Balaban J connectivity index is 3.01. The number of aromatic nitrogens is 3. The van der Waals surface area contributed by atoms with E-state index in [9.17, 15) is 0 Å². The maximum absolute atomic E-state index is 4.46. The minimum Gasteiger partial charge on any atom is -0.247 e. The highest BCUT2D eigenvalue weighted by atomic mass is 15.4. The molecule has 0 aromatic carbocycles. The van der Waals surface area contributed by atoms with Gasteiger partial charge in [-0.15, -0.1) is 0 Å². The summed E-state index contributed by atoms with van der Waals surface area (Å²) in [7, 11) is 0. The van der Waals surface area contributed by atoms with E-state index < -0.39 is 0 Å². The maximum Gasteiger partial charge on any atom is 0.155 e. The third-order valence-corrected chi connectivity index (χ3v) is 1.85. The van der Waals surface area contributed by atoms with Crippen molar-refractivity contribution >= 4 is 0 Å². The molecule has 0 atom stereocenters. The fourth-order valence-corrected chi connectivity index (χ4v) is 0.930. The minimum absolute atomic E-state index is 0.0243. The van der Waals surface area contributed by atoms with Crippen LogP contribution < -0.4 is 0 Å². The number of nitrogens with zero attached hydrogens (tertiary/aromatic N) is 3. The molecule has 0 aliphatic carbocycles. The Morgan fingerprint density at radius 3 is 1.85 bits per heavy atom. The van der Waals surface area contributed by atoms with Gasteiger partial charge in [-0.1, -0.05) is 20.8 Å². The maximum atomic E-state index is 4.46. The number of hydrogen-bond acceptors (Lipinski definition) is 2. The zero-order valence-corrected chi connectivity index (χ0v) is 9.42. The van der Waals surface area contributed by atoms with Crippen LogP contribution in [0.25, 0.3) is 0 Å². The van der Waals surface area contributed by atoms with Crippen molar-refractivity contribution in [1.29, 1.82) is 0 Å². The van der Waals surface area contributed by atoms with Crippen LogP contribution in [-0.4, -0.2) is 14.8 Å². The first-order valence-corrected chi connectivity index (χ1v) is 4.64.